The molecule has 0 aliphatic rings. The number of hydrogen-bond donors (Lipinski definition) is 0. The second kappa shape index (κ2) is 4.39. The summed E-state index contributed by atoms with van der Waals surface area (Å²) in [5.41, 5.74) is 0.826. The van der Waals surface area contributed by atoms with E-state index in [-0.39, 0.29) is 4.75 Å². The molecular formula is C13H14ClNOS. The molecule has 1 atom stereocenters. The molecule has 0 bridgehead atoms. The maximum atomic E-state index is 12.3. The van der Waals surface area contributed by atoms with Gasteiger partial charge in [-0.05, 0) is 45.0 Å². The van der Waals surface area contributed by atoms with E-state index in [1.54, 1.807) is 12.3 Å². The standard InChI is InChI=1S/C13H14ClNOS/c1-13(2,3)17(16)9-4-5-12-10(8-9)11(14)6-7-15-12/h4-8H,1-3H3. The van der Waals surface area contributed by atoms with Crippen LogP contribution in [0.1, 0.15) is 20.8 Å². The van der Waals surface area contributed by atoms with Gasteiger partial charge in [0.2, 0.25) is 0 Å². The van der Waals surface area contributed by atoms with E-state index in [4.69, 9.17) is 11.6 Å². The third kappa shape index (κ3) is 2.50. The molecule has 2 rings (SSSR count). The van der Waals surface area contributed by atoms with Crippen molar-refractivity contribution in [2.45, 2.75) is 30.4 Å². The zero-order valence-electron chi connectivity index (χ0n) is 10.0. The minimum absolute atomic E-state index is 0.275. The Hall–Kier alpha value is -0.930. The van der Waals surface area contributed by atoms with Gasteiger partial charge in [0, 0.05) is 21.2 Å². The predicted octanol–water partition coefficient (Wildman–Crippen LogP) is 3.79. The Morgan fingerprint density at radius 1 is 1.24 bits per heavy atom. The average molecular weight is 268 g/mol. The number of rotatable bonds is 1. The number of aromatic nitrogens is 1. The summed E-state index contributed by atoms with van der Waals surface area (Å²) in [5, 5.41) is 1.49. The normalized spacial score (nSPS) is 13.9. The van der Waals surface area contributed by atoms with Crippen LogP contribution in [0, 0.1) is 0 Å². The lowest BCUT2D eigenvalue weighted by atomic mass is 10.2. The van der Waals surface area contributed by atoms with Crippen LogP contribution in [-0.2, 0) is 10.8 Å². The number of fused-ring (bicyclic) bond motifs is 1. The molecule has 2 nitrogen and oxygen atoms in total. The van der Waals surface area contributed by atoms with Gasteiger partial charge < -0.3 is 0 Å². The third-order valence-electron chi connectivity index (χ3n) is 2.43. The summed E-state index contributed by atoms with van der Waals surface area (Å²) in [6, 6.07) is 7.33. The maximum Gasteiger partial charge on any atom is 0.0717 e. The molecule has 0 saturated carbocycles. The molecule has 0 amide bonds. The largest absolute Gasteiger partial charge is 0.256 e. The molecule has 17 heavy (non-hydrogen) atoms. The Balaban J connectivity index is 2.59. The highest BCUT2D eigenvalue weighted by Gasteiger charge is 2.21. The van der Waals surface area contributed by atoms with Crippen LogP contribution in [-0.4, -0.2) is 13.9 Å². The van der Waals surface area contributed by atoms with Crippen molar-refractivity contribution in [3.8, 4) is 0 Å². The van der Waals surface area contributed by atoms with Crippen LogP contribution in [0.3, 0.4) is 0 Å². The summed E-state index contributed by atoms with van der Waals surface area (Å²) in [5.74, 6) is 0. The van der Waals surface area contributed by atoms with E-state index in [0.717, 1.165) is 15.8 Å². The van der Waals surface area contributed by atoms with E-state index >= 15 is 0 Å². The summed E-state index contributed by atoms with van der Waals surface area (Å²) in [4.78, 5) is 5.01. The molecule has 1 aromatic carbocycles. The molecule has 2 aromatic rings. The van der Waals surface area contributed by atoms with Crippen LogP contribution in [0.15, 0.2) is 35.4 Å². The Kier molecular flexibility index (Phi) is 3.23. The molecule has 0 spiro atoms. The highest BCUT2D eigenvalue weighted by Crippen LogP contribution is 2.27. The molecule has 90 valence electrons. The monoisotopic (exact) mass is 267 g/mol. The number of halogens is 1. The Morgan fingerprint density at radius 2 is 1.94 bits per heavy atom. The second-order valence-corrected chi connectivity index (χ2v) is 7.49. The quantitative estimate of drug-likeness (QED) is 0.787. The molecule has 0 fully saturated rings. The number of hydrogen-bond acceptors (Lipinski definition) is 2. The van der Waals surface area contributed by atoms with Crippen molar-refractivity contribution in [2.75, 3.05) is 0 Å². The first kappa shape index (κ1) is 12.5. The Bertz CT molecular complexity index is 589. The predicted molar refractivity (Wildman–Crippen MR) is 72.9 cm³/mol. The van der Waals surface area contributed by atoms with Crippen LogP contribution in [0.5, 0.6) is 0 Å². The van der Waals surface area contributed by atoms with E-state index in [1.165, 1.54) is 0 Å². The van der Waals surface area contributed by atoms with Crippen LogP contribution in [0.2, 0.25) is 5.02 Å². The number of pyridine rings is 1. The fraction of sp³-hybridized carbons (Fsp3) is 0.308. The van der Waals surface area contributed by atoms with Crippen molar-refractivity contribution in [2.24, 2.45) is 0 Å². The zero-order valence-corrected chi connectivity index (χ0v) is 11.6. The first-order valence-corrected chi connectivity index (χ1v) is 6.88. The smallest absolute Gasteiger partial charge is 0.0717 e. The van der Waals surface area contributed by atoms with E-state index < -0.39 is 10.8 Å². The van der Waals surface area contributed by atoms with Crippen molar-refractivity contribution in [1.29, 1.82) is 0 Å². The van der Waals surface area contributed by atoms with Crippen LogP contribution in [0.4, 0.5) is 0 Å². The summed E-state index contributed by atoms with van der Waals surface area (Å²) in [6.45, 7) is 5.87. The maximum absolute atomic E-state index is 12.3. The molecule has 0 saturated heterocycles. The summed E-state index contributed by atoms with van der Waals surface area (Å²) >= 11 is 6.11. The van der Waals surface area contributed by atoms with Gasteiger partial charge in [-0.25, -0.2) is 0 Å². The van der Waals surface area contributed by atoms with Crippen LogP contribution in [0.25, 0.3) is 10.9 Å². The molecule has 0 aliphatic carbocycles. The first-order chi connectivity index (χ1) is 7.89. The average Bonchev–Trinajstić information content (AvgIpc) is 2.27. The van der Waals surface area contributed by atoms with E-state index in [9.17, 15) is 4.21 Å². The summed E-state index contributed by atoms with van der Waals surface area (Å²) < 4.78 is 12.0. The highest BCUT2D eigenvalue weighted by atomic mass is 35.5. The Labute approximate surface area is 108 Å². The summed E-state index contributed by atoms with van der Waals surface area (Å²) in [7, 11) is -1.05. The SMILES string of the molecule is CC(C)(C)S(=O)c1ccc2nccc(Cl)c2c1. The molecule has 1 unspecified atom stereocenters. The van der Waals surface area contributed by atoms with Crippen LogP contribution >= 0.6 is 11.6 Å². The molecule has 0 N–H and O–H groups in total. The second-order valence-electron chi connectivity index (χ2n) is 4.85. The van der Waals surface area contributed by atoms with E-state index in [0.29, 0.717) is 5.02 Å². The van der Waals surface area contributed by atoms with E-state index in [1.807, 2.05) is 39.0 Å². The lowest BCUT2D eigenvalue weighted by molar-refractivity contribution is 0.649. The topological polar surface area (TPSA) is 30.0 Å². The van der Waals surface area contributed by atoms with Gasteiger partial charge >= 0.3 is 0 Å². The van der Waals surface area contributed by atoms with Gasteiger partial charge in [-0.3, -0.25) is 9.19 Å². The summed E-state index contributed by atoms with van der Waals surface area (Å²) in [6.07, 6.45) is 1.67. The van der Waals surface area contributed by atoms with Gasteiger partial charge in [-0.2, -0.15) is 0 Å². The van der Waals surface area contributed by atoms with Gasteiger partial charge in [-0.15, -0.1) is 0 Å². The molecule has 0 radical (unpaired) electrons. The molecule has 0 aliphatic heterocycles. The highest BCUT2D eigenvalue weighted by molar-refractivity contribution is 7.86. The third-order valence-corrected chi connectivity index (χ3v) is 4.55. The molecule has 1 aromatic heterocycles. The van der Waals surface area contributed by atoms with Crippen LogP contribution < -0.4 is 0 Å². The lowest BCUT2D eigenvalue weighted by Gasteiger charge is -2.18. The van der Waals surface area contributed by atoms with Crippen molar-refractivity contribution in [3.05, 3.63) is 35.5 Å². The van der Waals surface area contributed by atoms with Gasteiger partial charge in [0.1, 0.15) is 0 Å². The van der Waals surface area contributed by atoms with Gasteiger partial charge in [-0.1, -0.05) is 11.6 Å². The fourth-order valence-corrected chi connectivity index (χ4v) is 2.89. The molecule has 1 heterocycles. The minimum Gasteiger partial charge on any atom is -0.256 e. The van der Waals surface area contributed by atoms with Crippen molar-refractivity contribution < 1.29 is 4.21 Å². The van der Waals surface area contributed by atoms with Crippen molar-refractivity contribution in [1.82, 2.24) is 4.98 Å². The zero-order chi connectivity index (χ0) is 12.6. The first-order valence-electron chi connectivity index (χ1n) is 5.36. The molecular weight excluding hydrogens is 254 g/mol. The molecule has 4 heteroatoms. The van der Waals surface area contributed by atoms with E-state index in [2.05, 4.69) is 4.98 Å². The van der Waals surface area contributed by atoms with Gasteiger partial charge in [0.25, 0.3) is 0 Å². The van der Waals surface area contributed by atoms with Gasteiger partial charge in [0.05, 0.1) is 21.3 Å². The lowest BCUT2D eigenvalue weighted by Crippen LogP contribution is -2.21. The van der Waals surface area contributed by atoms with Gasteiger partial charge in [0.15, 0.2) is 0 Å². The van der Waals surface area contributed by atoms with Crippen molar-refractivity contribution in [3.63, 3.8) is 0 Å². The number of nitrogens with zero attached hydrogens (tertiary/aromatic N) is 1. The fourth-order valence-electron chi connectivity index (χ4n) is 1.56. The van der Waals surface area contributed by atoms with Crippen molar-refractivity contribution >= 4 is 33.3 Å². The Morgan fingerprint density at radius 3 is 2.59 bits per heavy atom. The number of benzene rings is 1. The minimum atomic E-state index is -1.05.